The molecule has 2 rings (SSSR count). The molecule has 1 aromatic rings. The van der Waals surface area contributed by atoms with Crippen LogP contribution >= 0.6 is 23.2 Å². The summed E-state index contributed by atoms with van der Waals surface area (Å²) in [6.07, 6.45) is -1.65. The second-order valence-corrected chi connectivity index (χ2v) is 5.89. The average Bonchev–Trinajstić information content (AvgIpc) is 3.21. The topological polar surface area (TPSA) is 33.2 Å². The van der Waals surface area contributed by atoms with Crippen molar-refractivity contribution in [3.63, 3.8) is 0 Å². The molecule has 0 bridgehead atoms. The molecule has 0 radical (unpaired) electrons. The molecule has 21 heavy (non-hydrogen) atoms. The van der Waals surface area contributed by atoms with Crippen LogP contribution in [0.3, 0.4) is 0 Å². The molecule has 116 valence electrons. The Balaban J connectivity index is 2.25. The summed E-state index contributed by atoms with van der Waals surface area (Å²) in [5, 5.41) is 0.0411. The maximum atomic E-state index is 12.7. The zero-order valence-corrected chi connectivity index (χ0v) is 12.6. The molecule has 1 unspecified atom stereocenters. The molecule has 8 heteroatoms. The van der Waals surface area contributed by atoms with Crippen LogP contribution in [0.2, 0.25) is 10.2 Å². The number of aromatic nitrogens is 1. The van der Waals surface area contributed by atoms with Crippen LogP contribution in [0.4, 0.5) is 13.2 Å². The van der Waals surface area contributed by atoms with Gasteiger partial charge < -0.3 is 4.90 Å². The van der Waals surface area contributed by atoms with Crippen LogP contribution in [0.25, 0.3) is 0 Å². The fraction of sp³-hybridized carbons (Fsp3) is 0.538. The molecule has 0 spiro atoms. The highest BCUT2D eigenvalue weighted by Crippen LogP contribution is 2.36. The Morgan fingerprint density at radius 3 is 2.57 bits per heavy atom. The van der Waals surface area contributed by atoms with E-state index in [-0.39, 0.29) is 21.7 Å². The molecule has 1 heterocycles. The Morgan fingerprint density at radius 2 is 2.10 bits per heavy atom. The Labute approximate surface area is 130 Å². The van der Waals surface area contributed by atoms with Crippen molar-refractivity contribution in [2.45, 2.75) is 32.0 Å². The van der Waals surface area contributed by atoms with Crippen LogP contribution in [0.5, 0.6) is 0 Å². The summed E-state index contributed by atoms with van der Waals surface area (Å²) in [4.78, 5) is 16.9. The van der Waals surface area contributed by atoms with E-state index < -0.39 is 24.7 Å². The molecular formula is C13H13Cl2F3N2O. The van der Waals surface area contributed by atoms with E-state index in [0.29, 0.717) is 0 Å². The van der Waals surface area contributed by atoms with Gasteiger partial charge in [0.05, 0.1) is 10.6 Å². The number of pyridine rings is 1. The number of nitrogens with zero attached hydrogens (tertiary/aromatic N) is 2. The minimum atomic E-state index is -4.46. The Morgan fingerprint density at radius 1 is 1.48 bits per heavy atom. The number of alkyl halides is 3. The molecule has 1 atom stereocenters. The molecule has 0 N–H and O–H groups in total. The average molecular weight is 341 g/mol. The third kappa shape index (κ3) is 4.23. The van der Waals surface area contributed by atoms with Gasteiger partial charge in [0.25, 0.3) is 5.91 Å². The number of hydrogen-bond donors (Lipinski definition) is 0. The van der Waals surface area contributed by atoms with Crippen molar-refractivity contribution < 1.29 is 18.0 Å². The van der Waals surface area contributed by atoms with E-state index in [2.05, 4.69) is 4.98 Å². The van der Waals surface area contributed by atoms with Gasteiger partial charge in [0.15, 0.2) is 0 Å². The summed E-state index contributed by atoms with van der Waals surface area (Å²) in [5.74, 6) is -0.621. The van der Waals surface area contributed by atoms with Crippen LogP contribution in [-0.2, 0) is 0 Å². The van der Waals surface area contributed by atoms with Crippen LogP contribution in [0.15, 0.2) is 12.3 Å². The number of amides is 1. The van der Waals surface area contributed by atoms with Gasteiger partial charge in [0.1, 0.15) is 11.7 Å². The monoisotopic (exact) mass is 340 g/mol. The maximum Gasteiger partial charge on any atom is 0.406 e. The van der Waals surface area contributed by atoms with Crippen molar-refractivity contribution in [2.24, 2.45) is 5.92 Å². The lowest BCUT2D eigenvalue weighted by Gasteiger charge is -2.30. The minimum absolute atomic E-state index is 0.00106. The second kappa shape index (κ2) is 6.01. The predicted molar refractivity (Wildman–Crippen MR) is 73.5 cm³/mol. The van der Waals surface area contributed by atoms with Gasteiger partial charge in [0.2, 0.25) is 0 Å². The molecule has 1 aromatic heterocycles. The third-order valence-electron chi connectivity index (χ3n) is 3.45. The predicted octanol–water partition coefficient (Wildman–Crippen LogP) is 4.19. The molecule has 1 fully saturated rings. The fourth-order valence-corrected chi connectivity index (χ4v) is 2.40. The molecular weight excluding hydrogens is 328 g/mol. The standard InChI is InChI=1S/C13H13Cl2F3N2O/c1-7(8-2-3-8)20(6-13(16,17)18)12(21)9-4-10(14)11(15)19-5-9/h4-5,7-8H,2-3,6H2,1H3. The highest BCUT2D eigenvalue weighted by Gasteiger charge is 2.40. The number of halogens is 5. The number of hydrogen-bond acceptors (Lipinski definition) is 2. The van der Waals surface area contributed by atoms with Crippen LogP contribution < -0.4 is 0 Å². The van der Waals surface area contributed by atoms with Gasteiger partial charge in [0, 0.05) is 12.2 Å². The first-order valence-corrected chi connectivity index (χ1v) is 7.13. The molecule has 0 aromatic carbocycles. The van der Waals surface area contributed by atoms with E-state index >= 15 is 0 Å². The third-order valence-corrected chi connectivity index (χ3v) is 4.14. The van der Waals surface area contributed by atoms with E-state index in [1.165, 1.54) is 6.07 Å². The van der Waals surface area contributed by atoms with Crippen molar-refractivity contribution >= 4 is 29.1 Å². The number of rotatable bonds is 4. The zero-order valence-electron chi connectivity index (χ0n) is 11.1. The Hall–Kier alpha value is -1.01. The molecule has 0 aliphatic heterocycles. The van der Waals surface area contributed by atoms with Gasteiger partial charge in [-0.2, -0.15) is 13.2 Å². The summed E-state index contributed by atoms with van der Waals surface area (Å²) in [7, 11) is 0. The molecule has 1 saturated carbocycles. The first-order chi connectivity index (χ1) is 9.69. The van der Waals surface area contributed by atoms with Gasteiger partial charge >= 0.3 is 6.18 Å². The van der Waals surface area contributed by atoms with Crippen molar-refractivity contribution in [3.05, 3.63) is 28.0 Å². The second-order valence-electron chi connectivity index (χ2n) is 5.12. The highest BCUT2D eigenvalue weighted by molar-refractivity contribution is 6.41. The quantitative estimate of drug-likeness (QED) is 0.770. The van der Waals surface area contributed by atoms with Crippen LogP contribution in [-0.4, -0.2) is 34.6 Å². The van der Waals surface area contributed by atoms with E-state index in [0.717, 1.165) is 23.9 Å². The lowest BCUT2D eigenvalue weighted by Crippen LogP contribution is -2.45. The van der Waals surface area contributed by atoms with Crippen LogP contribution in [0, 0.1) is 5.92 Å². The molecule has 1 aliphatic rings. The van der Waals surface area contributed by atoms with Crippen molar-refractivity contribution in [1.29, 1.82) is 0 Å². The van der Waals surface area contributed by atoms with Gasteiger partial charge in [-0.1, -0.05) is 23.2 Å². The smallest absolute Gasteiger partial charge is 0.327 e. The molecule has 0 saturated heterocycles. The lowest BCUT2D eigenvalue weighted by molar-refractivity contribution is -0.144. The summed E-state index contributed by atoms with van der Waals surface area (Å²) in [6, 6.07) is 0.760. The van der Waals surface area contributed by atoms with E-state index in [1.807, 2.05) is 0 Å². The fourth-order valence-electron chi connectivity index (χ4n) is 2.13. The van der Waals surface area contributed by atoms with E-state index in [1.54, 1.807) is 6.92 Å². The van der Waals surface area contributed by atoms with E-state index in [4.69, 9.17) is 23.2 Å². The molecule has 3 nitrogen and oxygen atoms in total. The van der Waals surface area contributed by atoms with Crippen LogP contribution in [0.1, 0.15) is 30.1 Å². The SMILES string of the molecule is CC(C1CC1)N(CC(F)(F)F)C(=O)c1cnc(Cl)c(Cl)c1. The first-order valence-electron chi connectivity index (χ1n) is 6.38. The Bertz CT molecular complexity index is 547. The lowest BCUT2D eigenvalue weighted by atomic mass is 10.1. The largest absolute Gasteiger partial charge is 0.406 e. The van der Waals surface area contributed by atoms with Gasteiger partial charge in [-0.3, -0.25) is 4.79 Å². The van der Waals surface area contributed by atoms with Gasteiger partial charge in [-0.15, -0.1) is 0 Å². The maximum absolute atomic E-state index is 12.7. The first kappa shape index (κ1) is 16.4. The Kier molecular flexibility index (Phi) is 4.68. The zero-order chi connectivity index (χ0) is 15.8. The summed E-state index contributed by atoms with van der Waals surface area (Å²) >= 11 is 11.4. The van der Waals surface area contributed by atoms with E-state index in [9.17, 15) is 18.0 Å². The summed E-state index contributed by atoms with van der Waals surface area (Å²) in [5.41, 5.74) is 0.00106. The normalized spacial score (nSPS) is 16.7. The van der Waals surface area contributed by atoms with Crippen molar-refractivity contribution in [3.8, 4) is 0 Å². The van der Waals surface area contributed by atoms with Gasteiger partial charge in [-0.05, 0) is 31.7 Å². The summed E-state index contributed by atoms with van der Waals surface area (Å²) < 4.78 is 38.1. The van der Waals surface area contributed by atoms with Crippen molar-refractivity contribution in [2.75, 3.05) is 6.54 Å². The highest BCUT2D eigenvalue weighted by atomic mass is 35.5. The molecule has 1 amide bonds. The van der Waals surface area contributed by atoms with Gasteiger partial charge in [-0.25, -0.2) is 4.98 Å². The van der Waals surface area contributed by atoms with Crippen molar-refractivity contribution in [1.82, 2.24) is 9.88 Å². The minimum Gasteiger partial charge on any atom is -0.327 e. The number of carbonyl (C=O) groups excluding carboxylic acids is 1. The summed E-state index contributed by atoms with van der Waals surface area (Å²) in [6.45, 7) is 0.343. The molecule has 1 aliphatic carbocycles. The number of carbonyl (C=O) groups is 1.